The summed E-state index contributed by atoms with van der Waals surface area (Å²) >= 11 is 1.27. The van der Waals surface area contributed by atoms with Gasteiger partial charge in [-0.25, -0.2) is 4.98 Å². The second kappa shape index (κ2) is 4.99. The molecule has 2 heterocycles. The molecule has 7 heteroatoms. The van der Waals surface area contributed by atoms with Gasteiger partial charge in [-0.05, 0) is 12.1 Å². The fourth-order valence-electron chi connectivity index (χ4n) is 1.65. The third-order valence-corrected chi connectivity index (χ3v) is 3.09. The van der Waals surface area contributed by atoms with E-state index in [9.17, 15) is 4.79 Å². The number of carbonyl (C=O) groups is 1. The zero-order valence-electron chi connectivity index (χ0n) is 9.72. The van der Waals surface area contributed by atoms with Gasteiger partial charge in [-0.1, -0.05) is 29.5 Å². The van der Waals surface area contributed by atoms with E-state index in [-0.39, 0.29) is 5.91 Å². The molecule has 1 N–H and O–H groups in total. The maximum absolute atomic E-state index is 12.1. The summed E-state index contributed by atoms with van der Waals surface area (Å²) in [6, 6.07) is 9.54. The van der Waals surface area contributed by atoms with E-state index in [0.29, 0.717) is 10.8 Å². The first kappa shape index (κ1) is 11.5. The number of para-hydroxylation sites is 1. The standard InChI is InChI=1S/C12H9N5OS/c18-11(15-12-16-14-8-19-12)10-6-13-7-17(10)9-4-2-1-3-5-9/h1-8H,(H,15,16,18). The van der Waals surface area contributed by atoms with E-state index in [2.05, 4.69) is 20.5 Å². The molecule has 2 aromatic heterocycles. The number of hydrogen-bond acceptors (Lipinski definition) is 5. The summed E-state index contributed by atoms with van der Waals surface area (Å²) in [5, 5.41) is 10.6. The minimum atomic E-state index is -0.266. The lowest BCUT2D eigenvalue weighted by Crippen LogP contribution is -2.15. The van der Waals surface area contributed by atoms with Crippen molar-refractivity contribution in [3.05, 3.63) is 54.1 Å². The first-order valence-corrected chi connectivity index (χ1v) is 6.38. The summed E-state index contributed by atoms with van der Waals surface area (Å²) in [6.07, 6.45) is 3.12. The molecular weight excluding hydrogens is 262 g/mol. The van der Waals surface area contributed by atoms with Crippen LogP contribution in [0.15, 0.2) is 48.4 Å². The fraction of sp³-hybridized carbons (Fsp3) is 0. The number of carbonyl (C=O) groups excluding carboxylic acids is 1. The lowest BCUT2D eigenvalue weighted by Gasteiger charge is -2.06. The molecule has 1 amide bonds. The van der Waals surface area contributed by atoms with Crippen LogP contribution < -0.4 is 5.32 Å². The summed E-state index contributed by atoms with van der Waals surface area (Å²) in [5.74, 6) is -0.266. The van der Waals surface area contributed by atoms with Crippen molar-refractivity contribution >= 4 is 22.4 Å². The largest absolute Gasteiger partial charge is 0.295 e. The highest BCUT2D eigenvalue weighted by Crippen LogP contribution is 2.14. The Balaban J connectivity index is 1.90. The van der Waals surface area contributed by atoms with Gasteiger partial charge in [0.25, 0.3) is 5.91 Å². The highest BCUT2D eigenvalue weighted by molar-refractivity contribution is 7.13. The summed E-state index contributed by atoms with van der Waals surface area (Å²) in [6.45, 7) is 0. The molecule has 0 aliphatic rings. The number of amides is 1. The second-order valence-corrected chi connectivity index (χ2v) is 4.52. The van der Waals surface area contributed by atoms with Crippen molar-refractivity contribution in [2.24, 2.45) is 0 Å². The van der Waals surface area contributed by atoms with Crippen molar-refractivity contribution in [2.45, 2.75) is 0 Å². The molecule has 94 valence electrons. The highest BCUT2D eigenvalue weighted by Gasteiger charge is 2.14. The minimum Gasteiger partial charge on any atom is -0.295 e. The molecule has 3 rings (SSSR count). The first-order valence-electron chi connectivity index (χ1n) is 5.50. The monoisotopic (exact) mass is 271 g/mol. The third kappa shape index (κ3) is 2.36. The molecule has 6 nitrogen and oxygen atoms in total. The molecular formula is C12H9N5OS. The first-order chi connectivity index (χ1) is 9.34. The summed E-state index contributed by atoms with van der Waals surface area (Å²) in [4.78, 5) is 16.2. The fourth-order valence-corrected chi connectivity index (χ4v) is 2.09. The van der Waals surface area contributed by atoms with Crippen molar-refractivity contribution in [2.75, 3.05) is 5.32 Å². The van der Waals surface area contributed by atoms with Gasteiger partial charge >= 0.3 is 0 Å². The second-order valence-electron chi connectivity index (χ2n) is 3.68. The number of imidazole rings is 1. The number of aromatic nitrogens is 4. The van der Waals surface area contributed by atoms with Crippen LogP contribution in [0.3, 0.4) is 0 Å². The molecule has 0 fully saturated rings. The number of nitrogens with one attached hydrogen (secondary N) is 1. The molecule has 0 unspecified atom stereocenters. The van der Waals surface area contributed by atoms with Crippen LogP contribution in [0.4, 0.5) is 5.13 Å². The van der Waals surface area contributed by atoms with Crippen LogP contribution in [0, 0.1) is 0 Å². The predicted molar refractivity (Wildman–Crippen MR) is 71.4 cm³/mol. The van der Waals surface area contributed by atoms with Crippen molar-refractivity contribution in [1.82, 2.24) is 19.7 Å². The number of nitrogens with zero attached hydrogens (tertiary/aromatic N) is 4. The van der Waals surface area contributed by atoms with Crippen molar-refractivity contribution < 1.29 is 4.79 Å². The average molecular weight is 271 g/mol. The van der Waals surface area contributed by atoms with Crippen LogP contribution in [0.25, 0.3) is 5.69 Å². The average Bonchev–Trinajstić information content (AvgIpc) is 3.10. The molecule has 0 aliphatic heterocycles. The molecule has 1 aromatic carbocycles. The molecule has 0 aliphatic carbocycles. The summed E-state index contributed by atoms with van der Waals surface area (Å²) < 4.78 is 1.72. The Morgan fingerprint density at radius 3 is 2.84 bits per heavy atom. The van der Waals surface area contributed by atoms with Crippen LogP contribution in [0.1, 0.15) is 10.5 Å². The van der Waals surface area contributed by atoms with Crippen molar-refractivity contribution in [3.8, 4) is 5.69 Å². The van der Waals surface area contributed by atoms with E-state index < -0.39 is 0 Å². The number of anilines is 1. The van der Waals surface area contributed by atoms with Crippen LogP contribution in [-0.2, 0) is 0 Å². The van der Waals surface area contributed by atoms with Gasteiger partial charge in [0.2, 0.25) is 5.13 Å². The van der Waals surface area contributed by atoms with Crippen LogP contribution >= 0.6 is 11.3 Å². The van der Waals surface area contributed by atoms with Gasteiger partial charge in [0.05, 0.1) is 12.5 Å². The Hall–Kier alpha value is -2.54. The Morgan fingerprint density at radius 1 is 1.26 bits per heavy atom. The van der Waals surface area contributed by atoms with E-state index in [0.717, 1.165) is 5.69 Å². The Bertz CT molecular complexity index is 677. The van der Waals surface area contributed by atoms with Gasteiger partial charge in [-0.15, -0.1) is 10.2 Å². The lowest BCUT2D eigenvalue weighted by molar-refractivity contribution is 0.102. The van der Waals surface area contributed by atoms with Gasteiger partial charge in [-0.2, -0.15) is 0 Å². The zero-order valence-corrected chi connectivity index (χ0v) is 10.5. The van der Waals surface area contributed by atoms with Crippen LogP contribution in [0.5, 0.6) is 0 Å². The highest BCUT2D eigenvalue weighted by atomic mass is 32.1. The Labute approximate surface area is 112 Å². The van der Waals surface area contributed by atoms with Gasteiger partial charge in [0.1, 0.15) is 11.2 Å². The molecule has 19 heavy (non-hydrogen) atoms. The van der Waals surface area contributed by atoms with Gasteiger partial charge in [-0.3, -0.25) is 14.7 Å². The van der Waals surface area contributed by atoms with Gasteiger partial charge in [0, 0.05) is 5.69 Å². The molecule has 3 aromatic rings. The third-order valence-electron chi connectivity index (χ3n) is 2.49. The smallest absolute Gasteiger partial charge is 0.276 e. The maximum atomic E-state index is 12.1. The van der Waals surface area contributed by atoms with Crippen molar-refractivity contribution in [3.63, 3.8) is 0 Å². The maximum Gasteiger partial charge on any atom is 0.276 e. The zero-order chi connectivity index (χ0) is 13.1. The predicted octanol–water partition coefficient (Wildman–Crippen LogP) is 1.98. The number of hydrogen-bond donors (Lipinski definition) is 1. The molecule has 0 bridgehead atoms. The topological polar surface area (TPSA) is 72.7 Å². The van der Waals surface area contributed by atoms with E-state index in [1.54, 1.807) is 16.4 Å². The Kier molecular flexibility index (Phi) is 3.03. The van der Waals surface area contributed by atoms with Gasteiger partial charge in [0.15, 0.2) is 0 Å². The molecule has 0 radical (unpaired) electrons. The quantitative estimate of drug-likeness (QED) is 0.790. The van der Waals surface area contributed by atoms with E-state index in [4.69, 9.17) is 0 Å². The van der Waals surface area contributed by atoms with E-state index >= 15 is 0 Å². The van der Waals surface area contributed by atoms with Crippen LogP contribution in [0.2, 0.25) is 0 Å². The number of rotatable bonds is 3. The molecule has 0 saturated carbocycles. The molecule has 0 saturated heterocycles. The number of benzene rings is 1. The molecule has 0 spiro atoms. The lowest BCUT2D eigenvalue weighted by atomic mass is 10.3. The Morgan fingerprint density at radius 2 is 2.11 bits per heavy atom. The van der Waals surface area contributed by atoms with Crippen molar-refractivity contribution in [1.29, 1.82) is 0 Å². The SMILES string of the molecule is O=C(Nc1nncs1)c1cncn1-c1ccccc1. The minimum absolute atomic E-state index is 0.266. The summed E-state index contributed by atoms with van der Waals surface area (Å²) in [7, 11) is 0. The normalized spacial score (nSPS) is 10.3. The molecule has 0 atom stereocenters. The van der Waals surface area contributed by atoms with Gasteiger partial charge < -0.3 is 0 Å². The summed E-state index contributed by atoms with van der Waals surface area (Å²) in [5.41, 5.74) is 2.88. The van der Waals surface area contributed by atoms with Crippen LogP contribution in [-0.4, -0.2) is 25.7 Å². The van der Waals surface area contributed by atoms with E-state index in [1.807, 2.05) is 30.3 Å². The van der Waals surface area contributed by atoms with E-state index in [1.165, 1.54) is 17.5 Å².